The Morgan fingerprint density at radius 3 is 1.37 bits per heavy atom. The van der Waals surface area contributed by atoms with Crippen molar-refractivity contribution in [3.8, 4) is 0 Å². The van der Waals surface area contributed by atoms with Crippen LogP contribution in [0.3, 0.4) is 0 Å². The predicted octanol–water partition coefficient (Wildman–Crippen LogP) is 2.72. The zero-order valence-electron chi connectivity index (χ0n) is 20.1. The number of nitrogens with one attached hydrogen (secondary N) is 3. The molecule has 0 saturated heterocycles. The van der Waals surface area contributed by atoms with Crippen molar-refractivity contribution in [3.63, 3.8) is 0 Å². The fraction of sp³-hybridized carbons (Fsp3) is 0.192. The molecular formula is C26H30BN6OZr. The number of hydrogen-bond acceptors (Lipinski definition) is 4. The van der Waals surface area contributed by atoms with E-state index in [-0.39, 0.29) is 6.71 Å². The Kier molecular flexibility index (Phi) is 9.44. The van der Waals surface area contributed by atoms with E-state index in [2.05, 4.69) is 105 Å². The summed E-state index contributed by atoms with van der Waals surface area (Å²) in [6.07, 6.45) is 5.73. The first-order chi connectivity index (χ1) is 17.2. The molecule has 35 heavy (non-hydrogen) atoms. The molecule has 0 unspecified atom stereocenters. The van der Waals surface area contributed by atoms with E-state index in [0.29, 0.717) is 6.10 Å². The normalized spacial score (nSPS) is 10.6. The SMILES string of the molecule is CC(C)[O][Zr]([CH2]c1ccccc1)[CH2]c1ccccc1.c1cc(B(c2cc[nH]n2)c2cc[nH]n2)n[nH]1. The van der Waals surface area contributed by atoms with Crippen molar-refractivity contribution in [3.05, 3.63) is 109 Å². The molecule has 2 aromatic carbocycles. The molecule has 7 nitrogen and oxygen atoms in total. The topological polar surface area (TPSA) is 95.3 Å². The summed E-state index contributed by atoms with van der Waals surface area (Å²) in [5.41, 5.74) is 5.56. The van der Waals surface area contributed by atoms with Crippen LogP contribution in [0.5, 0.6) is 0 Å². The van der Waals surface area contributed by atoms with E-state index in [1.54, 1.807) is 18.6 Å². The maximum atomic E-state index is 6.25. The van der Waals surface area contributed by atoms with Crippen LogP contribution in [0.2, 0.25) is 0 Å². The Hall–Kier alpha value is -3.02. The Morgan fingerprint density at radius 2 is 1.06 bits per heavy atom. The van der Waals surface area contributed by atoms with Crippen molar-refractivity contribution < 1.29 is 25.0 Å². The van der Waals surface area contributed by atoms with E-state index in [1.165, 1.54) is 11.1 Å². The minimum absolute atomic E-state index is 0.0382. The predicted molar refractivity (Wildman–Crippen MR) is 137 cm³/mol. The maximum Gasteiger partial charge on any atom is 0.317 e. The first-order valence-corrected chi connectivity index (χ1v) is 16.2. The maximum absolute atomic E-state index is 6.25. The molecule has 0 atom stereocenters. The average molecular weight is 545 g/mol. The zero-order valence-corrected chi connectivity index (χ0v) is 22.5. The number of hydrogen-bond donors (Lipinski definition) is 3. The molecular weight excluding hydrogens is 514 g/mol. The molecule has 3 heterocycles. The van der Waals surface area contributed by atoms with Gasteiger partial charge in [0.25, 0.3) is 0 Å². The zero-order chi connectivity index (χ0) is 24.3. The molecule has 5 rings (SSSR count). The van der Waals surface area contributed by atoms with Crippen molar-refractivity contribution in [2.45, 2.75) is 28.2 Å². The van der Waals surface area contributed by atoms with Gasteiger partial charge in [-0.1, -0.05) is 0 Å². The van der Waals surface area contributed by atoms with Crippen LogP contribution >= 0.6 is 0 Å². The van der Waals surface area contributed by atoms with Crippen LogP contribution in [0.25, 0.3) is 0 Å². The van der Waals surface area contributed by atoms with Gasteiger partial charge in [-0.2, -0.15) is 15.3 Å². The summed E-state index contributed by atoms with van der Waals surface area (Å²) in [5.74, 6) is 0. The summed E-state index contributed by atoms with van der Waals surface area (Å²) in [6, 6.07) is 27.3. The molecule has 0 fully saturated rings. The summed E-state index contributed by atoms with van der Waals surface area (Å²) in [5, 5.41) is 21.0. The summed E-state index contributed by atoms with van der Waals surface area (Å²) >= 11 is -1.86. The van der Waals surface area contributed by atoms with Gasteiger partial charge in [0, 0.05) is 35.4 Å². The molecule has 9 heteroatoms. The van der Waals surface area contributed by atoms with Gasteiger partial charge in [0.1, 0.15) is 0 Å². The third-order valence-corrected chi connectivity index (χ3v) is 11.3. The minimum atomic E-state index is -1.86. The average Bonchev–Trinajstić information content (AvgIpc) is 3.66. The van der Waals surface area contributed by atoms with E-state index in [4.69, 9.17) is 2.81 Å². The number of rotatable bonds is 9. The standard InChI is InChI=1S/C9H9BN6.2C7H7.C3H7O.Zr/c1-4-11-14-7(1)10(8-2-5-12-15-8)9-3-6-13-16-9;2*1-7-5-3-2-4-6-7;1-3(2)4;/h1-6H,(H,11,14)(H,12,15)(H,13,16);2*2-6H,1H2;3H,1-2H3;/q;;;-1;+1. The fourth-order valence-corrected chi connectivity index (χ4v) is 9.63. The Morgan fingerprint density at radius 1 is 0.657 bits per heavy atom. The van der Waals surface area contributed by atoms with Crippen molar-refractivity contribution in [1.82, 2.24) is 30.6 Å². The Bertz CT molecular complexity index is 1080. The van der Waals surface area contributed by atoms with E-state index < -0.39 is 22.2 Å². The smallest absolute Gasteiger partial charge is 0.286 e. The van der Waals surface area contributed by atoms with Crippen LogP contribution in [0.15, 0.2) is 97.5 Å². The molecule has 3 N–H and O–H groups in total. The van der Waals surface area contributed by atoms with Crippen LogP contribution in [0.4, 0.5) is 0 Å². The molecule has 0 amide bonds. The molecule has 0 saturated carbocycles. The number of aromatic nitrogens is 6. The van der Waals surface area contributed by atoms with Crippen LogP contribution < -0.4 is 16.8 Å². The van der Waals surface area contributed by atoms with Gasteiger partial charge in [-0.15, -0.1) is 0 Å². The van der Waals surface area contributed by atoms with Gasteiger partial charge in [-0.25, -0.2) is 0 Å². The quantitative estimate of drug-likeness (QED) is 0.249. The molecule has 177 valence electrons. The molecule has 3 aromatic heterocycles. The van der Waals surface area contributed by atoms with Crippen LogP contribution in [-0.4, -0.2) is 43.4 Å². The second-order valence-corrected chi connectivity index (χ2v) is 13.4. The summed E-state index contributed by atoms with van der Waals surface area (Å²) in [6.45, 7) is 4.26. The van der Waals surface area contributed by atoms with Crippen molar-refractivity contribution in [1.29, 1.82) is 0 Å². The van der Waals surface area contributed by atoms with E-state index >= 15 is 0 Å². The first kappa shape index (κ1) is 25.1. The molecule has 0 spiro atoms. The first-order valence-electron chi connectivity index (χ1n) is 11.8. The summed E-state index contributed by atoms with van der Waals surface area (Å²) < 4.78 is 8.58. The van der Waals surface area contributed by atoms with Crippen LogP contribution in [0, 0.1) is 0 Å². The van der Waals surface area contributed by atoms with E-state index in [1.807, 2.05) is 18.2 Å². The van der Waals surface area contributed by atoms with E-state index in [9.17, 15) is 0 Å². The molecule has 0 bridgehead atoms. The third-order valence-electron chi connectivity index (χ3n) is 5.34. The van der Waals surface area contributed by atoms with Crippen LogP contribution in [-0.2, 0) is 33.3 Å². The molecule has 0 aliphatic heterocycles. The number of benzene rings is 2. The van der Waals surface area contributed by atoms with Gasteiger partial charge in [0.2, 0.25) is 0 Å². The van der Waals surface area contributed by atoms with Gasteiger partial charge < -0.3 is 0 Å². The second-order valence-electron chi connectivity index (χ2n) is 8.46. The van der Waals surface area contributed by atoms with Crippen molar-refractivity contribution in [2.24, 2.45) is 0 Å². The largest absolute Gasteiger partial charge is 0.317 e. The summed E-state index contributed by atoms with van der Waals surface area (Å²) in [4.78, 5) is 0. The number of nitrogens with zero attached hydrogens (tertiary/aromatic N) is 3. The van der Waals surface area contributed by atoms with E-state index in [0.717, 1.165) is 25.0 Å². The van der Waals surface area contributed by atoms with Gasteiger partial charge in [-0.05, 0) is 18.2 Å². The molecule has 0 aliphatic rings. The third kappa shape index (κ3) is 7.74. The number of H-pyrrole nitrogens is 3. The summed E-state index contributed by atoms with van der Waals surface area (Å²) in [7, 11) is 0. The van der Waals surface area contributed by atoms with Crippen molar-refractivity contribution in [2.75, 3.05) is 0 Å². The monoisotopic (exact) mass is 543 g/mol. The molecule has 0 aliphatic carbocycles. The van der Waals surface area contributed by atoms with Gasteiger partial charge >= 0.3 is 132 Å². The second kappa shape index (κ2) is 13.2. The molecule has 0 radical (unpaired) electrons. The number of aromatic amines is 3. The van der Waals surface area contributed by atoms with Gasteiger partial charge in [0.05, 0.1) is 0 Å². The van der Waals surface area contributed by atoms with Crippen LogP contribution in [0.1, 0.15) is 25.0 Å². The fourth-order valence-electron chi connectivity index (χ4n) is 3.88. The minimum Gasteiger partial charge on any atom is -0.286 e. The Balaban J connectivity index is 0.000000167. The van der Waals surface area contributed by atoms with Gasteiger partial charge in [-0.3, -0.25) is 15.3 Å². The molecule has 5 aromatic rings. The van der Waals surface area contributed by atoms with Crippen molar-refractivity contribution >= 4 is 23.5 Å². The Labute approximate surface area is 215 Å². The van der Waals surface area contributed by atoms with Gasteiger partial charge in [0.15, 0.2) is 0 Å².